The van der Waals surface area contributed by atoms with Crippen molar-refractivity contribution >= 4 is 18.2 Å². The van der Waals surface area contributed by atoms with Crippen molar-refractivity contribution in [2.75, 3.05) is 0 Å². The minimum atomic E-state index is -4.17. The highest BCUT2D eigenvalue weighted by Crippen LogP contribution is 2.39. The molecule has 0 rings (SSSR count). The quantitative estimate of drug-likeness (QED) is 0.377. The van der Waals surface area contributed by atoms with E-state index in [0.29, 0.717) is 0 Å². The molecule has 48 valence electrons. The van der Waals surface area contributed by atoms with Gasteiger partial charge in [0.15, 0.2) is 0 Å². The van der Waals surface area contributed by atoms with Gasteiger partial charge in [0.1, 0.15) is 0 Å². The molecule has 0 bridgehead atoms. The van der Waals surface area contributed by atoms with Crippen LogP contribution in [0.3, 0.4) is 0 Å². The fraction of sp³-hybridized carbons (Fsp3) is 0. The first kappa shape index (κ1) is 15.7. The largest absolute Gasteiger partial charge is 0.419 e. The first-order valence-corrected chi connectivity index (χ1v) is 3.27. The van der Waals surface area contributed by atoms with Crippen molar-refractivity contribution < 1.29 is 14.4 Å². The van der Waals surface area contributed by atoms with Gasteiger partial charge in [0.2, 0.25) is 0 Å². The zero-order chi connectivity index (χ0) is 4.50. The maximum atomic E-state index is 9.09. The standard InChI is InChI=1S/ClH2O3P.2H3N/c1-5(2,3)4;;/h(H2,2,3,4);2*1H3. The van der Waals surface area contributed by atoms with Gasteiger partial charge in [-0.2, -0.15) is 0 Å². The molecule has 0 aromatic heterocycles. The molecule has 0 aliphatic heterocycles. The zero-order valence-electron chi connectivity index (χ0n) is 3.54. The Bertz CT molecular complexity index is 59.1. The highest BCUT2D eigenvalue weighted by atomic mass is 35.7. The molecular formula is H8ClN2O3P. The summed E-state index contributed by atoms with van der Waals surface area (Å²) in [5.74, 6) is 0. The molecule has 0 aromatic carbocycles. The van der Waals surface area contributed by atoms with E-state index in [1.807, 2.05) is 0 Å². The fourth-order valence-corrected chi connectivity index (χ4v) is 0. The molecule has 0 amide bonds. The molecule has 0 fully saturated rings. The Morgan fingerprint density at radius 3 is 1.29 bits per heavy atom. The maximum Gasteiger partial charge on any atom is 0.419 e. The first-order valence-electron chi connectivity index (χ1n) is 0.752. The summed E-state index contributed by atoms with van der Waals surface area (Å²) < 4.78 is 9.09. The molecule has 8 N–H and O–H groups in total. The molecule has 0 heterocycles. The van der Waals surface area contributed by atoms with Crippen LogP contribution in [0.5, 0.6) is 0 Å². The number of hydrogen-bond acceptors (Lipinski definition) is 3. The Morgan fingerprint density at radius 1 is 1.29 bits per heavy atom. The van der Waals surface area contributed by atoms with Gasteiger partial charge in [-0.25, -0.2) is 4.57 Å². The average molecular weight is 151 g/mol. The zero-order valence-corrected chi connectivity index (χ0v) is 5.19. The second-order valence-electron chi connectivity index (χ2n) is 0.473. The Labute approximate surface area is 45.8 Å². The summed E-state index contributed by atoms with van der Waals surface area (Å²) in [4.78, 5) is 14.8. The molecule has 0 aliphatic rings. The van der Waals surface area contributed by atoms with Crippen LogP contribution in [0.4, 0.5) is 0 Å². The Hall–Kier alpha value is 0.360. The minimum absolute atomic E-state index is 0. The van der Waals surface area contributed by atoms with Crippen LogP contribution in [0.2, 0.25) is 0 Å². The lowest BCUT2D eigenvalue weighted by Crippen LogP contribution is -1.54. The molecule has 0 spiro atoms. The molecular weight excluding hydrogens is 142 g/mol. The molecule has 5 nitrogen and oxygen atoms in total. The maximum absolute atomic E-state index is 9.09. The predicted octanol–water partition coefficient (Wildman–Crippen LogP) is 0.642. The summed E-state index contributed by atoms with van der Waals surface area (Å²) in [6, 6.07) is 0. The van der Waals surface area contributed by atoms with Crippen molar-refractivity contribution in [3.63, 3.8) is 0 Å². The normalized spacial score (nSPS) is 8.43. The molecule has 0 atom stereocenters. The van der Waals surface area contributed by atoms with Crippen LogP contribution < -0.4 is 12.3 Å². The summed E-state index contributed by atoms with van der Waals surface area (Å²) in [7, 11) is 0. The van der Waals surface area contributed by atoms with E-state index in [0.717, 1.165) is 0 Å². The average Bonchev–Trinajstić information content (AvgIpc) is 0.722. The number of hydrogen-bond donors (Lipinski definition) is 4. The van der Waals surface area contributed by atoms with E-state index in [4.69, 9.17) is 14.4 Å². The monoisotopic (exact) mass is 150 g/mol. The Morgan fingerprint density at radius 2 is 1.29 bits per heavy atom. The minimum Gasteiger partial charge on any atom is -0.344 e. The third-order valence-corrected chi connectivity index (χ3v) is 0. The van der Waals surface area contributed by atoms with Crippen molar-refractivity contribution in [1.82, 2.24) is 12.3 Å². The molecule has 0 radical (unpaired) electrons. The van der Waals surface area contributed by atoms with E-state index >= 15 is 0 Å². The summed E-state index contributed by atoms with van der Waals surface area (Å²) in [6.45, 7) is -4.17. The van der Waals surface area contributed by atoms with Crippen LogP contribution in [0.1, 0.15) is 0 Å². The smallest absolute Gasteiger partial charge is 0.344 e. The van der Waals surface area contributed by atoms with Gasteiger partial charge in [-0.3, -0.25) is 0 Å². The van der Waals surface area contributed by atoms with Gasteiger partial charge in [-0.1, -0.05) is 0 Å². The number of rotatable bonds is 0. The van der Waals surface area contributed by atoms with Crippen LogP contribution >= 0.6 is 18.2 Å². The first-order chi connectivity index (χ1) is 2.00. The van der Waals surface area contributed by atoms with Crippen molar-refractivity contribution in [3.05, 3.63) is 0 Å². The van der Waals surface area contributed by atoms with E-state index in [-0.39, 0.29) is 12.3 Å². The van der Waals surface area contributed by atoms with Gasteiger partial charge in [-0.15, -0.1) is 0 Å². The lowest BCUT2D eigenvalue weighted by atomic mass is 14.0. The highest BCUT2D eigenvalue weighted by molar-refractivity contribution is 7.79. The lowest BCUT2D eigenvalue weighted by Gasteiger charge is -1.80. The van der Waals surface area contributed by atoms with E-state index < -0.39 is 6.95 Å². The van der Waals surface area contributed by atoms with Crippen molar-refractivity contribution in [2.45, 2.75) is 0 Å². The topological polar surface area (TPSA) is 128 Å². The van der Waals surface area contributed by atoms with E-state index in [9.17, 15) is 0 Å². The summed E-state index contributed by atoms with van der Waals surface area (Å²) >= 11 is 4.20. The van der Waals surface area contributed by atoms with E-state index in [2.05, 4.69) is 11.2 Å². The predicted molar refractivity (Wildman–Crippen MR) is 27.9 cm³/mol. The van der Waals surface area contributed by atoms with Gasteiger partial charge in [-0.05, 0) is 0 Å². The van der Waals surface area contributed by atoms with E-state index in [1.165, 1.54) is 0 Å². The van der Waals surface area contributed by atoms with Crippen molar-refractivity contribution in [2.24, 2.45) is 0 Å². The second kappa shape index (κ2) is 4.52. The summed E-state index contributed by atoms with van der Waals surface area (Å²) in [5, 5.41) is 0. The van der Waals surface area contributed by atoms with Crippen molar-refractivity contribution in [3.8, 4) is 0 Å². The van der Waals surface area contributed by atoms with Gasteiger partial charge in [0, 0.05) is 11.2 Å². The Kier molecular flexibility index (Phi) is 10.1. The SMILES string of the molecule is N.N.O=P(O)(O)Cl. The molecule has 7 heavy (non-hydrogen) atoms. The summed E-state index contributed by atoms with van der Waals surface area (Å²) in [6.07, 6.45) is 0. The molecule has 0 saturated carbocycles. The molecule has 0 saturated heterocycles. The van der Waals surface area contributed by atoms with Gasteiger partial charge < -0.3 is 22.1 Å². The molecule has 0 unspecified atom stereocenters. The third kappa shape index (κ3) is 933. The van der Waals surface area contributed by atoms with Gasteiger partial charge in [0.05, 0.1) is 0 Å². The van der Waals surface area contributed by atoms with Crippen LogP contribution in [0.25, 0.3) is 0 Å². The van der Waals surface area contributed by atoms with Gasteiger partial charge >= 0.3 is 6.95 Å². The molecule has 7 heteroatoms. The van der Waals surface area contributed by atoms with Crippen LogP contribution in [0.15, 0.2) is 0 Å². The van der Waals surface area contributed by atoms with Crippen molar-refractivity contribution in [1.29, 1.82) is 0 Å². The van der Waals surface area contributed by atoms with Crippen LogP contribution in [-0.4, -0.2) is 9.79 Å². The third-order valence-electron chi connectivity index (χ3n) is 0. The lowest BCUT2D eigenvalue weighted by molar-refractivity contribution is 0.395. The van der Waals surface area contributed by atoms with Crippen LogP contribution in [0, 0.1) is 0 Å². The van der Waals surface area contributed by atoms with Gasteiger partial charge in [0.25, 0.3) is 0 Å². The number of halogens is 1. The highest BCUT2D eigenvalue weighted by Gasteiger charge is 2.01. The van der Waals surface area contributed by atoms with E-state index in [1.54, 1.807) is 0 Å². The molecule has 0 aromatic rings. The van der Waals surface area contributed by atoms with Crippen LogP contribution in [-0.2, 0) is 4.57 Å². The second-order valence-corrected chi connectivity index (χ2v) is 2.74. The fourth-order valence-electron chi connectivity index (χ4n) is 0. The summed E-state index contributed by atoms with van der Waals surface area (Å²) in [5.41, 5.74) is 0. The molecule has 0 aliphatic carbocycles. The Balaban J connectivity index is -0.0000000800.